The molecule has 1 aliphatic heterocycles. The molecule has 0 saturated carbocycles. The average Bonchev–Trinajstić information content (AvgIpc) is 2.65. The predicted molar refractivity (Wildman–Crippen MR) is 101 cm³/mol. The lowest BCUT2D eigenvalue weighted by Gasteiger charge is -2.30. The summed E-state index contributed by atoms with van der Waals surface area (Å²) in [5.41, 5.74) is 1.46. The Morgan fingerprint density at radius 2 is 1.93 bits per heavy atom. The van der Waals surface area contributed by atoms with Gasteiger partial charge in [0.1, 0.15) is 6.61 Å². The van der Waals surface area contributed by atoms with Gasteiger partial charge in [0.25, 0.3) is 0 Å². The number of morpholine rings is 1. The Kier molecular flexibility index (Phi) is 6.01. The van der Waals surface area contributed by atoms with E-state index in [4.69, 9.17) is 26.2 Å². The summed E-state index contributed by atoms with van der Waals surface area (Å²) in [4.78, 5) is 14.5. The van der Waals surface area contributed by atoms with Crippen LogP contribution in [0.25, 0.3) is 0 Å². The number of anilines is 1. The van der Waals surface area contributed by atoms with Crippen LogP contribution in [0.3, 0.4) is 0 Å². The zero-order valence-corrected chi connectivity index (χ0v) is 16.0. The fraction of sp³-hybridized carbons (Fsp3) is 0.278. The Balaban J connectivity index is 1.88. The average molecular weight is 411 g/mol. The van der Waals surface area contributed by atoms with Gasteiger partial charge in [0.05, 0.1) is 29.4 Å². The SMILES string of the molecule is NS(=O)(=O)c1ccc(N2CCOCC2)c(C(=O)OCc2cccc(Cl)c2)c1. The number of nitrogens with two attached hydrogens (primary N) is 1. The molecule has 9 heteroatoms. The normalized spacial score (nSPS) is 14.8. The molecular weight excluding hydrogens is 392 g/mol. The number of primary sulfonamides is 1. The summed E-state index contributed by atoms with van der Waals surface area (Å²) in [5, 5.41) is 5.74. The van der Waals surface area contributed by atoms with Crippen LogP contribution in [0.5, 0.6) is 0 Å². The van der Waals surface area contributed by atoms with Crippen LogP contribution in [-0.4, -0.2) is 40.7 Å². The molecule has 0 unspecified atom stereocenters. The Morgan fingerprint density at radius 3 is 2.59 bits per heavy atom. The molecule has 1 saturated heterocycles. The molecule has 2 aromatic rings. The maximum Gasteiger partial charge on any atom is 0.340 e. The third-order valence-electron chi connectivity index (χ3n) is 4.13. The second-order valence-corrected chi connectivity index (χ2v) is 8.03. The van der Waals surface area contributed by atoms with Crippen molar-refractivity contribution in [2.24, 2.45) is 5.14 Å². The Morgan fingerprint density at radius 1 is 1.19 bits per heavy atom. The minimum absolute atomic E-state index is 0.0154. The number of carbonyl (C=O) groups is 1. The molecule has 1 heterocycles. The summed E-state index contributed by atoms with van der Waals surface area (Å²) in [5.74, 6) is -0.637. The molecule has 7 nitrogen and oxygen atoms in total. The van der Waals surface area contributed by atoms with E-state index < -0.39 is 16.0 Å². The number of halogens is 1. The topological polar surface area (TPSA) is 98.9 Å². The van der Waals surface area contributed by atoms with Crippen LogP contribution in [0.2, 0.25) is 5.02 Å². The minimum atomic E-state index is -3.95. The van der Waals surface area contributed by atoms with Gasteiger partial charge in [-0.05, 0) is 35.9 Å². The Hall–Kier alpha value is -2.13. The fourth-order valence-electron chi connectivity index (χ4n) is 2.79. The van der Waals surface area contributed by atoms with Gasteiger partial charge in [-0.3, -0.25) is 0 Å². The highest BCUT2D eigenvalue weighted by molar-refractivity contribution is 7.89. The summed E-state index contributed by atoms with van der Waals surface area (Å²) in [6.45, 7) is 2.23. The van der Waals surface area contributed by atoms with Crippen LogP contribution in [0.1, 0.15) is 15.9 Å². The lowest BCUT2D eigenvalue weighted by atomic mass is 10.1. The Labute approximate surface area is 162 Å². The number of carbonyl (C=O) groups excluding carboxylic acids is 1. The van der Waals surface area contributed by atoms with Crippen molar-refractivity contribution in [2.75, 3.05) is 31.2 Å². The second kappa shape index (κ2) is 8.26. The molecule has 0 spiro atoms. The van der Waals surface area contributed by atoms with E-state index in [9.17, 15) is 13.2 Å². The van der Waals surface area contributed by atoms with E-state index in [1.807, 2.05) is 4.90 Å². The number of hydrogen-bond acceptors (Lipinski definition) is 6. The van der Waals surface area contributed by atoms with Gasteiger partial charge in [0.15, 0.2) is 0 Å². The fourth-order valence-corrected chi connectivity index (χ4v) is 3.54. The highest BCUT2D eigenvalue weighted by Gasteiger charge is 2.22. The van der Waals surface area contributed by atoms with Crippen molar-refractivity contribution >= 4 is 33.3 Å². The highest BCUT2D eigenvalue weighted by Crippen LogP contribution is 2.26. The van der Waals surface area contributed by atoms with Gasteiger partial charge in [-0.25, -0.2) is 18.4 Å². The van der Waals surface area contributed by atoms with Gasteiger partial charge in [0.2, 0.25) is 10.0 Å². The summed E-state index contributed by atoms with van der Waals surface area (Å²) < 4.78 is 34.1. The van der Waals surface area contributed by atoms with Crippen molar-refractivity contribution < 1.29 is 22.7 Å². The first-order valence-electron chi connectivity index (χ1n) is 8.26. The van der Waals surface area contributed by atoms with Crippen molar-refractivity contribution in [3.63, 3.8) is 0 Å². The molecule has 0 bridgehead atoms. The molecule has 0 aromatic heterocycles. The number of rotatable bonds is 5. The number of ether oxygens (including phenoxy) is 2. The monoisotopic (exact) mass is 410 g/mol. The quantitative estimate of drug-likeness (QED) is 0.758. The summed E-state index contributed by atoms with van der Waals surface area (Å²) in [7, 11) is -3.95. The number of hydrogen-bond donors (Lipinski definition) is 1. The van der Waals surface area contributed by atoms with Crippen molar-refractivity contribution in [2.45, 2.75) is 11.5 Å². The molecule has 2 aromatic carbocycles. The first kappa shape index (κ1) is 19.6. The van der Waals surface area contributed by atoms with Crippen LogP contribution in [0, 0.1) is 0 Å². The van der Waals surface area contributed by atoms with Gasteiger partial charge in [-0.2, -0.15) is 0 Å². The van der Waals surface area contributed by atoms with E-state index in [0.717, 1.165) is 5.56 Å². The highest BCUT2D eigenvalue weighted by atomic mass is 35.5. The molecular formula is C18H19ClN2O5S. The summed E-state index contributed by atoms with van der Waals surface area (Å²) in [6.07, 6.45) is 0. The first-order chi connectivity index (χ1) is 12.8. The van der Waals surface area contributed by atoms with Crippen molar-refractivity contribution in [1.82, 2.24) is 0 Å². The number of esters is 1. The zero-order valence-electron chi connectivity index (χ0n) is 14.4. The van der Waals surface area contributed by atoms with E-state index in [0.29, 0.717) is 37.0 Å². The third-order valence-corrected chi connectivity index (χ3v) is 5.27. The van der Waals surface area contributed by atoms with Gasteiger partial charge >= 0.3 is 5.97 Å². The lowest BCUT2D eigenvalue weighted by Crippen LogP contribution is -2.37. The van der Waals surface area contributed by atoms with Crippen LogP contribution in [0.4, 0.5) is 5.69 Å². The van der Waals surface area contributed by atoms with Crippen molar-refractivity contribution in [3.8, 4) is 0 Å². The predicted octanol–water partition coefficient (Wildman–Crippen LogP) is 2.18. The van der Waals surface area contributed by atoms with Gasteiger partial charge in [-0.1, -0.05) is 23.7 Å². The summed E-state index contributed by atoms with van der Waals surface area (Å²) >= 11 is 5.94. The van der Waals surface area contributed by atoms with E-state index in [-0.39, 0.29) is 17.1 Å². The number of nitrogens with zero attached hydrogens (tertiary/aromatic N) is 1. The van der Waals surface area contributed by atoms with Crippen LogP contribution < -0.4 is 10.0 Å². The minimum Gasteiger partial charge on any atom is -0.457 e. The van der Waals surface area contributed by atoms with E-state index in [2.05, 4.69) is 0 Å². The standard InChI is InChI=1S/C18H19ClN2O5S/c19-14-3-1-2-13(10-14)12-26-18(22)16-11-15(27(20,23)24)4-5-17(16)21-6-8-25-9-7-21/h1-5,10-11H,6-9,12H2,(H2,20,23,24). The van der Waals surface area contributed by atoms with Crippen molar-refractivity contribution in [1.29, 1.82) is 0 Å². The van der Waals surface area contributed by atoms with Crippen LogP contribution >= 0.6 is 11.6 Å². The molecule has 27 heavy (non-hydrogen) atoms. The molecule has 0 atom stereocenters. The first-order valence-corrected chi connectivity index (χ1v) is 10.2. The maximum atomic E-state index is 12.7. The zero-order chi connectivity index (χ0) is 19.4. The van der Waals surface area contributed by atoms with Gasteiger partial charge in [0, 0.05) is 18.1 Å². The summed E-state index contributed by atoms with van der Waals surface area (Å²) in [6, 6.07) is 11.2. The third kappa shape index (κ3) is 4.98. The van der Waals surface area contributed by atoms with Gasteiger partial charge in [-0.15, -0.1) is 0 Å². The van der Waals surface area contributed by atoms with E-state index in [1.54, 1.807) is 30.3 Å². The molecule has 144 valence electrons. The molecule has 2 N–H and O–H groups in total. The second-order valence-electron chi connectivity index (χ2n) is 6.03. The van der Waals surface area contributed by atoms with Crippen LogP contribution in [0.15, 0.2) is 47.4 Å². The molecule has 0 aliphatic carbocycles. The number of benzene rings is 2. The van der Waals surface area contributed by atoms with Crippen molar-refractivity contribution in [3.05, 3.63) is 58.6 Å². The molecule has 0 amide bonds. The molecule has 1 aliphatic rings. The Bertz CT molecular complexity index is 943. The molecule has 3 rings (SSSR count). The number of sulfonamides is 1. The van der Waals surface area contributed by atoms with Gasteiger partial charge < -0.3 is 14.4 Å². The molecule has 0 radical (unpaired) electrons. The maximum absolute atomic E-state index is 12.7. The largest absolute Gasteiger partial charge is 0.457 e. The van der Waals surface area contributed by atoms with E-state index in [1.165, 1.54) is 12.1 Å². The lowest BCUT2D eigenvalue weighted by molar-refractivity contribution is 0.0472. The van der Waals surface area contributed by atoms with E-state index >= 15 is 0 Å². The molecule has 1 fully saturated rings. The smallest absolute Gasteiger partial charge is 0.340 e. The van der Waals surface area contributed by atoms with Crippen LogP contribution in [-0.2, 0) is 26.1 Å².